The first-order chi connectivity index (χ1) is 13.9. The fourth-order valence-electron chi connectivity index (χ4n) is 3.18. The lowest BCUT2D eigenvalue weighted by Gasteiger charge is -2.35. The van der Waals surface area contributed by atoms with Gasteiger partial charge in [0.1, 0.15) is 6.67 Å². The van der Waals surface area contributed by atoms with Gasteiger partial charge in [0.15, 0.2) is 5.84 Å². The zero-order chi connectivity index (χ0) is 21.4. The minimum absolute atomic E-state index is 0.0562. The van der Waals surface area contributed by atoms with Crippen LogP contribution in [0.2, 0.25) is 0 Å². The number of halogens is 1. The molecule has 0 aromatic heterocycles. The molecule has 0 saturated carbocycles. The molecule has 1 aliphatic rings. The number of aliphatic imine (C=N–C) groups is 1. The zero-order valence-corrected chi connectivity index (χ0v) is 18.7. The molecule has 1 fully saturated rings. The van der Waals surface area contributed by atoms with E-state index in [9.17, 15) is 4.79 Å². The van der Waals surface area contributed by atoms with E-state index in [0.29, 0.717) is 28.6 Å². The fourth-order valence-corrected chi connectivity index (χ4v) is 3.49. The second kappa shape index (κ2) is 10.9. The van der Waals surface area contributed by atoms with Crippen molar-refractivity contribution in [2.24, 2.45) is 10.1 Å². The molecule has 8 heteroatoms. The van der Waals surface area contributed by atoms with Gasteiger partial charge in [0.2, 0.25) is 0 Å². The molecule has 0 atom stereocenters. The minimum atomic E-state index is 0.0562. The number of nitrogens with zero attached hydrogens (tertiary/aromatic N) is 5. The third-order valence-electron chi connectivity index (χ3n) is 4.98. The number of rotatable bonds is 8. The Bertz CT molecular complexity index is 760. The van der Waals surface area contributed by atoms with E-state index in [1.165, 1.54) is 11.2 Å². The summed E-state index contributed by atoms with van der Waals surface area (Å²) in [5.41, 5.74) is 1.55. The number of nitrogens with one attached hydrogen (secondary N) is 1. The predicted molar refractivity (Wildman–Crippen MR) is 125 cm³/mol. The van der Waals surface area contributed by atoms with Gasteiger partial charge in [0, 0.05) is 37.3 Å². The molecule has 1 N–H and O–H groups in total. The molecular weight excluding hydrogens is 432 g/mol. The van der Waals surface area contributed by atoms with Crippen LogP contribution >= 0.6 is 15.9 Å². The van der Waals surface area contributed by atoms with Gasteiger partial charge in [-0.25, -0.2) is 10.0 Å². The first kappa shape index (κ1) is 22.8. The first-order valence-corrected chi connectivity index (χ1v) is 10.2. The van der Waals surface area contributed by atoms with Gasteiger partial charge in [-0.05, 0) is 73.2 Å². The summed E-state index contributed by atoms with van der Waals surface area (Å²) in [6.45, 7) is 13.3. The van der Waals surface area contributed by atoms with Crippen LogP contribution in [0, 0.1) is 0 Å². The molecule has 0 aliphatic carbocycles. The second-order valence-corrected chi connectivity index (χ2v) is 7.88. The Labute approximate surface area is 181 Å². The highest BCUT2D eigenvalue weighted by molar-refractivity contribution is 9.12. The third-order valence-corrected chi connectivity index (χ3v) is 5.34. The molecule has 1 amide bonds. The average Bonchev–Trinajstić information content (AvgIpc) is 2.73. The third kappa shape index (κ3) is 6.27. The summed E-state index contributed by atoms with van der Waals surface area (Å²) in [6, 6.07) is 7.74. The van der Waals surface area contributed by atoms with Crippen LogP contribution in [0.1, 0.15) is 23.2 Å². The number of hydrazone groups is 1. The molecule has 29 heavy (non-hydrogen) atoms. The summed E-state index contributed by atoms with van der Waals surface area (Å²) < 4.78 is 0.574. The standard InChI is InChI=1S/C21H29BrN6O/c1-6-28(23-3)20(16(2)22)25-15-24-18-9-7-17(8-10-18)21(29)27(5)19-11-13-26(4)14-12-19/h6-10,19,24H,1-3,11-15H2,4-5H3/b25-20-. The van der Waals surface area contributed by atoms with Crippen molar-refractivity contribution in [2.45, 2.75) is 18.9 Å². The van der Waals surface area contributed by atoms with Crippen molar-refractivity contribution in [3.8, 4) is 0 Å². The second-order valence-electron chi connectivity index (χ2n) is 6.92. The molecule has 2 rings (SSSR count). The van der Waals surface area contributed by atoms with Gasteiger partial charge in [-0.1, -0.05) is 13.2 Å². The van der Waals surface area contributed by atoms with E-state index in [0.717, 1.165) is 31.6 Å². The van der Waals surface area contributed by atoms with Gasteiger partial charge in [-0.2, -0.15) is 5.10 Å². The smallest absolute Gasteiger partial charge is 0.253 e. The highest BCUT2D eigenvalue weighted by Crippen LogP contribution is 2.18. The zero-order valence-electron chi connectivity index (χ0n) is 17.1. The quantitative estimate of drug-likeness (QED) is 0.365. The van der Waals surface area contributed by atoms with Crippen molar-refractivity contribution >= 4 is 40.1 Å². The Morgan fingerprint density at radius 2 is 1.97 bits per heavy atom. The normalized spacial score (nSPS) is 15.5. The Morgan fingerprint density at radius 1 is 1.34 bits per heavy atom. The lowest BCUT2D eigenvalue weighted by molar-refractivity contribution is 0.0659. The average molecular weight is 461 g/mol. The van der Waals surface area contributed by atoms with Crippen molar-refractivity contribution in [2.75, 3.05) is 39.2 Å². The molecule has 1 aliphatic heterocycles. The topological polar surface area (TPSA) is 63.5 Å². The van der Waals surface area contributed by atoms with Crippen LogP contribution in [-0.4, -0.2) is 73.2 Å². The monoisotopic (exact) mass is 460 g/mol. The minimum Gasteiger partial charge on any atom is -0.366 e. The SMILES string of the molecule is C=CN(N=C)/C(=N\CNc1ccc(C(=O)N(C)C2CCN(C)CC2)cc1)C(=C)Br. The van der Waals surface area contributed by atoms with Crippen LogP contribution in [-0.2, 0) is 0 Å². The van der Waals surface area contributed by atoms with E-state index in [1.54, 1.807) is 0 Å². The molecule has 1 aromatic carbocycles. The Hall–Kier alpha value is -2.45. The van der Waals surface area contributed by atoms with Crippen LogP contribution in [0.15, 0.2) is 58.2 Å². The van der Waals surface area contributed by atoms with Crippen molar-refractivity contribution in [3.05, 3.63) is 53.7 Å². The van der Waals surface area contributed by atoms with Crippen molar-refractivity contribution < 1.29 is 4.79 Å². The largest absolute Gasteiger partial charge is 0.366 e. The highest BCUT2D eigenvalue weighted by Gasteiger charge is 2.24. The number of likely N-dealkylation sites (tertiary alicyclic amines) is 1. The fraction of sp³-hybridized carbons (Fsp3) is 0.381. The molecule has 1 heterocycles. The van der Waals surface area contributed by atoms with E-state index in [4.69, 9.17) is 0 Å². The maximum atomic E-state index is 12.8. The van der Waals surface area contributed by atoms with Crippen LogP contribution in [0.5, 0.6) is 0 Å². The number of anilines is 1. The summed E-state index contributed by atoms with van der Waals surface area (Å²) >= 11 is 3.31. The van der Waals surface area contributed by atoms with E-state index in [-0.39, 0.29) is 5.91 Å². The van der Waals surface area contributed by atoms with Crippen LogP contribution < -0.4 is 5.32 Å². The molecule has 1 saturated heterocycles. The molecule has 0 unspecified atom stereocenters. The molecule has 0 spiro atoms. The van der Waals surface area contributed by atoms with Gasteiger partial charge in [0.25, 0.3) is 5.91 Å². The van der Waals surface area contributed by atoms with Crippen molar-refractivity contribution in [3.63, 3.8) is 0 Å². The van der Waals surface area contributed by atoms with Gasteiger partial charge in [-0.15, -0.1) is 0 Å². The number of benzene rings is 1. The molecular formula is C21H29BrN6O. The molecule has 0 radical (unpaired) electrons. The Balaban J connectivity index is 1.96. The predicted octanol–water partition coefficient (Wildman–Crippen LogP) is 3.59. The lowest BCUT2D eigenvalue weighted by Crippen LogP contribution is -2.44. The number of hydrogen-bond donors (Lipinski definition) is 1. The van der Waals surface area contributed by atoms with Crippen LogP contribution in [0.25, 0.3) is 0 Å². The Morgan fingerprint density at radius 3 is 2.48 bits per heavy atom. The van der Waals surface area contributed by atoms with Gasteiger partial charge >= 0.3 is 0 Å². The van der Waals surface area contributed by atoms with Crippen molar-refractivity contribution in [1.29, 1.82) is 0 Å². The van der Waals surface area contributed by atoms with E-state index in [1.807, 2.05) is 36.2 Å². The molecule has 0 bridgehead atoms. The number of amides is 1. The van der Waals surface area contributed by atoms with Crippen LogP contribution in [0.3, 0.4) is 0 Å². The summed E-state index contributed by atoms with van der Waals surface area (Å²) in [6.07, 6.45) is 3.53. The molecule has 156 valence electrons. The van der Waals surface area contributed by atoms with Gasteiger partial charge in [0.05, 0.1) is 4.48 Å². The number of piperidine rings is 1. The summed E-state index contributed by atoms with van der Waals surface area (Å²) in [5.74, 6) is 0.565. The van der Waals surface area contributed by atoms with E-state index < -0.39 is 0 Å². The summed E-state index contributed by atoms with van der Waals surface area (Å²) in [7, 11) is 4.01. The van der Waals surface area contributed by atoms with E-state index >= 15 is 0 Å². The highest BCUT2D eigenvalue weighted by atomic mass is 79.9. The number of carbonyl (C=O) groups excluding carboxylic acids is 1. The van der Waals surface area contributed by atoms with Gasteiger partial charge in [-0.3, -0.25) is 4.79 Å². The number of hydrogen-bond acceptors (Lipinski definition) is 5. The number of carbonyl (C=O) groups is 1. The van der Waals surface area contributed by atoms with Crippen LogP contribution in [0.4, 0.5) is 5.69 Å². The molecule has 1 aromatic rings. The number of amidine groups is 1. The summed E-state index contributed by atoms with van der Waals surface area (Å²) in [4.78, 5) is 21.4. The maximum absolute atomic E-state index is 12.8. The maximum Gasteiger partial charge on any atom is 0.253 e. The van der Waals surface area contributed by atoms with Gasteiger partial charge < -0.3 is 15.1 Å². The molecule has 7 nitrogen and oxygen atoms in total. The first-order valence-electron chi connectivity index (χ1n) is 9.44. The van der Waals surface area contributed by atoms with E-state index in [2.05, 4.69) is 63.2 Å². The van der Waals surface area contributed by atoms with Crippen molar-refractivity contribution in [1.82, 2.24) is 14.8 Å². The summed E-state index contributed by atoms with van der Waals surface area (Å²) in [5, 5.41) is 8.44. The lowest BCUT2D eigenvalue weighted by atomic mass is 10.0. The Kier molecular flexibility index (Phi) is 8.60.